The molecule has 3 fully saturated rings. The van der Waals surface area contributed by atoms with Gasteiger partial charge in [0, 0.05) is 45.7 Å². The van der Waals surface area contributed by atoms with Gasteiger partial charge in [-0.15, -0.1) is 0 Å². The Hall–Kier alpha value is -4.03. The fourth-order valence-electron chi connectivity index (χ4n) is 5.36. The second-order valence-corrected chi connectivity index (χ2v) is 10.1. The summed E-state index contributed by atoms with van der Waals surface area (Å²) in [5, 5.41) is 17.4. The van der Waals surface area contributed by atoms with Crippen molar-refractivity contribution in [2.75, 3.05) is 52.5 Å². The molecule has 13 heteroatoms. The van der Waals surface area contributed by atoms with Crippen molar-refractivity contribution >= 4 is 30.0 Å². The Bertz CT molecular complexity index is 1060. The van der Waals surface area contributed by atoms with Crippen molar-refractivity contribution in [3.05, 3.63) is 30.3 Å². The van der Waals surface area contributed by atoms with Gasteiger partial charge in [-0.25, -0.2) is 19.3 Å². The number of ether oxygens (including phenoxy) is 2. The number of nitrogens with two attached hydrogens (primary N) is 1. The Kier molecular flexibility index (Phi) is 9.10. The first kappa shape index (κ1) is 28.0. The lowest BCUT2D eigenvalue weighted by Crippen LogP contribution is -2.70. The smallest absolute Gasteiger partial charge is 0.409 e. The van der Waals surface area contributed by atoms with Gasteiger partial charge in [0.15, 0.2) is 12.0 Å². The van der Waals surface area contributed by atoms with Crippen LogP contribution in [0.15, 0.2) is 30.3 Å². The first-order chi connectivity index (χ1) is 18.8. The average molecular weight is 545 g/mol. The maximum Gasteiger partial charge on any atom is 0.409 e. The number of piperazine rings is 1. The number of benzene rings is 1. The van der Waals surface area contributed by atoms with E-state index in [1.54, 1.807) is 4.90 Å². The van der Waals surface area contributed by atoms with Crippen molar-refractivity contribution in [3.8, 4) is 5.75 Å². The summed E-state index contributed by atoms with van der Waals surface area (Å²) >= 11 is 0. The molecule has 3 atom stereocenters. The molecule has 212 valence electrons. The van der Waals surface area contributed by atoms with Crippen LogP contribution in [0, 0.1) is 17.2 Å². The zero-order chi connectivity index (χ0) is 27.9. The minimum absolute atomic E-state index is 0.0233. The van der Waals surface area contributed by atoms with Gasteiger partial charge in [0.1, 0.15) is 5.75 Å². The molecule has 3 aliphatic heterocycles. The van der Waals surface area contributed by atoms with E-state index < -0.39 is 36.0 Å². The molecule has 4 amide bonds. The number of hydrogen-bond donors (Lipinski definition) is 3. The van der Waals surface area contributed by atoms with Gasteiger partial charge in [0.2, 0.25) is 5.91 Å². The number of rotatable bonds is 8. The number of carboxylic acids is 1. The lowest BCUT2D eigenvalue weighted by Gasteiger charge is -2.47. The largest absolute Gasteiger partial charge is 0.493 e. The number of carbonyl (C=O) groups excluding carboxylic acids is 3. The number of imide groups is 1. The molecule has 1 aromatic rings. The van der Waals surface area contributed by atoms with Crippen LogP contribution in [-0.4, -0.2) is 113 Å². The topological polar surface area (TPSA) is 170 Å². The summed E-state index contributed by atoms with van der Waals surface area (Å²) in [6, 6.07) is 7.47. The van der Waals surface area contributed by atoms with Crippen LogP contribution in [-0.2, 0) is 14.3 Å². The molecule has 1 aromatic carbocycles. The highest BCUT2D eigenvalue weighted by atomic mass is 16.6. The molecular formula is C26H36N6O7. The Morgan fingerprint density at radius 2 is 1.69 bits per heavy atom. The third-order valence-corrected chi connectivity index (χ3v) is 7.45. The highest BCUT2D eigenvalue weighted by Crippen LogP contribution is 2.36. The first-order valence-electron chi connectivity index (χ1n) is 13.3. The molecule has 0 spiro atoms. The lowest BCUT2D eigenvalue weighted by molar-refractivity contribution is -0.167. The molecular weight excluding hydrogens is 508 g/mol. The van der Waals surface area contributed by atoms with Crippen LogP contribution in [0.25, 0.3) is 0 Å². The number of aliphatic carboxylic acids is 1. The third-order valence-electron chi connectivity index (χ3n) is 7.45. The fourth-order valence-corrected chi connectivity index (χ4v) is 5.36. The molecule has 3 aliphatic rings. The predicted molar refractivity (Wildman–Crippen MR) is 139 cm³/mol. The normalized spacial score (nSPS) is 23.2. The highest BCUT2D eigenvalue weighted by Gasteiger charge is 2.56. The predicted octanol–water partition coefficient (Wildman–Crippen LogP) is 1.24. The number of carboxylic acid groups (broad SMARTS) is 1. The van der Waals surface area contributed by atoms with E-state index in [1.165, 1.54) is 9.80 Å². The number of nitrogens with one attached hydrogen (secondary N) is 1. The zero-order valence-corrected chi connectivity index (χ0v) is 21.9. The van der Waals surface area contributed by atoms with E-state index in [-0.39, 0.29) is 44.7 Å². The minimum atomic E-state index is -1.22. The summed E-state index contributed by atoms with van der Waals surface area (Å²) in [6.07, 6.45) is 1.99. The average Bonchev–Trinajstić information content (AvgIpc) is 2.94. The Morgan fingerprint density at radius 1 is 1.00 bits per heavy atom. The Morgan fingerprint density at radius 3 is 2.36 bits per heavy atom. The fraction of sp³-hybridized carbons (Fsp3) is 0.577. The summed E-state index contributed by atoms with van der Waals surface area (Å²) in [6.45, 7) is 2.54. The molecule has 3 heterocycles. The van der Waals surface area contributed by atoms with E-state index >= 15 is 0 Å². The number of guanidine groups is 1. The number of hydrogen-bond acceptors (Lipinski definition) is 7. The third kappa shape index (κ3) is 6.70. The van der Waals surface area contributed by atoms with E-state index in [0.717, 1.165) is 23.5 Å². The quantitative estimate of drug-likeness (QED) is 0.189. The minimum Gasteiger partial charge on any atom is -0.493 e. The second-order valence-electron chi connectivity index (χ2n) is 10.1. The van der Waals surface area contributed by atoms with Gasteiger partial charge in [-0.05, 0) is 37.3 Å². The van der Waals surface area contributed by atoms with Crippen LogP contribution in [0.4, 0.5) is 9.59 Å². The number of carbonyl (C=O) groups is 4. The molecule has 0 bridgehead atoms. The number of nitrogens with zero attached hydrogens (tertiary/aromatic N) is 4. The highest BCUT2D eigenvalue weighted by molar-refractivity contribution is 6.07. The van der Waals surface area contributed by atoms with E-state index in [0.29, 0.717) is 32.5 Å². The van der Waals surface area contributed by atoms with Crippen molar-refractivity contribution in [2.45, 2.75) is 31.7 Å². The van der Waals surface area contributed by atoms with Crippen molar-refractivity contribution in [3.63, 3.8) is 0 Å². The molecule has 4 rings (SSSR count). The van der Waals surface area contributed by atoms with E-state index in [4.69, 9.17) is 20.6 Å². The van der Waals surface area contributed by atoms with E-state index in [9.17, 15) is 24.3 Å². The van der Waals surface area contributed by atoms with Crippen LogP contribution in [0.5, 0.6) is 5.75 Å². The second kappa shape index (κ2) is 12.7. The van der Waals surface area contributed by atoms with E-state index in [2.05, 4.69) is 0 Å². The van der Waals surface area contributed by atoms with Crippen molar-refractivity contribution in [1.29, 1.82) is 5.41 Å². The number of urea groups is 1. The summed E-state index contributed by atoms with van der Waals surface area (Å²) in [7, 11) is 0. The van der Waals surface area contributed by atoms with E-state index in [1.807, 2.05) is 30.3 Å². The summed E-state index contributed by atoms with van der Waals surface area (Å²) in [5.74, 6) is -1.76. The van der Waals surface area contributed by atoms with Gasteiger partial charge >= 0.3 is 18.1 Å². The number of likely N-dealkylation sites (tertiary alicyclic amines) is 2. The monoisotopic (exact) mass is 544 g/mol. The van der Waals surface area contributed by atoms with Crippen LogP contribution in [0.3, 0.4) is 0 Å². The lowest BCUT2D eigenvalue weighted by atomic mass is 9.78. The number of amides is 4. The van der Waals surface area contributed by atoms with Gasteiger partial charge in [0.25, 0.3) is 0 Å². The summed E-state index contributed by atoms with van der Waals surface area (Å²) < 4.78 is 10.9. The van der Waals surface area contributed by atoms with Gasteiger partial charge in [-0.3, -0.25) is 10.2 Å². The summed E-state index contributed by atoms with van der Waals surface area (Å²) in [5.41, 5.74) is 5.59. The summed E-state index contributed by atoms with van der Waals surface area (Å²) in [4.78, 5) is 55.9. The molecule has 4 N–H and O–H groups in total. The molecule has 39 heavy (non-hydrogen) atoms. The standard InChI is InChI=1S/C26H36N6O7/c27-24(28)31-9-4-6-18(17-31)16-20-21(23(34)35)32(22(20)33)25(36)29-10-12-30(13-11-29)26(37)39-15-5-14-38-19-7-2-1-3-8-19/h1-3,7-8,18,20-21H,4-6,9-17H2,(H3,27,28)(H,34,35)/t18?,20-,21?/m1/s1. The number of β-lactam (4-membered cyclic amide) rings is 1. The molecule has 0 aliphatic carbocycles. The van der Waals surface area contributed by atoms with Crippen molar-refractivity contribution < 1.29 is 33.8 Å². The molecule has 3 saturated heterocycles. The maximum absolute atomic E-state index is 13.1. The van der Waals surface area contributed by atoms with Crippen LogP contribution < -0.4 is 10.5 Å². The molecule has 0 radical (unpaired) electrons. The Labute approximate surface area is 226 Å². The number of piperidine rings is 1. The Balaban J connectivity index is 1.20. The van der Waals surface area contributed by atoms with Crippen molar-refractivity contribution in [1.82, 2.24) is 19.6 Å². The van der Waals surface area contributed by atoms with Crippen LogP contribution in [0.2, 0.25) is 0 Å². The molecule has 0 aromatic heterocycles. The first-order valence-corrected chi connectivity index (χ1v) is 13.3. The maximum atomic E-state index is 13.1. The van der Waals surface area contributed by atoms with Gasteiger partial charge in [-0.1, -0.05) is 18.2 Å². The van der Waals surface area contributed by atoms with Crippen LogP contribution >= 0.6 is 0 Å². The van der Waals surface area contributed by atoms with Gasteiger partial charge in [0.05, 0.1) is 19.1 Å². The van der Waals surface area contributed by atoms with Gasteiger partial charge in [-0.2, -0.15) is 0 Å². The molecule has 0 saturated carbocycles. The van der Waals surface area contributed by atoms with Crippen LogP contribution in [0.1, 0.15) is 25.7 Å². The molecule has 2 unspecified atom stereocenters. The zero-order valence-electron chi connectivity index (χ0n) is 21.9. The SMILES string of the molecule is N=C(N)N1CCCC(C[C@H]2C(=O)N(C(=O)N3CCN(C(=O)OCCCOc4ccccc4)CC3)C2C(=O)O)C1. The van der Waals surface area contributed by atoms with Crippen molar-refractivity contribution in [2.24, 2.45) is 17.6 Å². The molecule has 13 nitrogen and oxygen atoms in total. The van der Waals surface area contributed by atoms with Gasteiger partial charge < -0.3 is 35.0 Å². The number of para-hydroxylation sites is 1.